The van der Waals surface area contributed by atoms with Crippen LogP contribution in [0.2, 0.25) is 0 Å². The summed E-state index contributed by atoms with van der Waals surface area (Å²) in [4.78, 5) is 25.4. The van der Waals surface area contributed by atoms with Crippen LogP contribution in [-0.4, -0.2) is 11.8 Å². The Morgan fingerprint density at radius 1 is 0.704 bits per heavy atom. The van der Waals surface area contributed by atoms with Crippen LogP contribution in [0.3, 0.4) is 0 Å². The molecule has 0 saturated carbocycles. The number of hydrogen-bond acceptors (Lipinski definition) is 2. The summed E-state index contributed by atoms with van der Waals surface area (Å²) in [6.45, 7) is 0. The quantitative estimate of drug-likeness (QED) is 0.400. The number of rotatable bonds is 5. The molecule has 3 aromatic carbocycles. The molecule has 2 amide bonds. The van der Waals surface area contributed by atoms with Gasteiger partial charge in [0.25, 0.3) is 11.8 Å². The average molecular weight is 360 g/mol. The minimum Gasteiger partial charge on any atom is -0.322 e. The van der Waals surface area contributed by atoms with Crippen LogP contribution < -0.4 is 10.6 Å². The highest BCUT2D eigenvalue weighted by atomic mass is 19.1. The number of para-hydroxylation sites is 2. The van der Waals surface area contributed by atoms with Crippen molar-refractivity contribution in [2.45, 2.75) is 0 Å². The van der Waals surface area contributed by atoms with Gasteiger partial charge >= 0.3 is 0 Å². The van der Waals surface area contributed by atoms with E-state index in [1.165, 1.54) is 24.3 Å². The number of benzene rings is 3. The molecule has 4 nitrogen and oxygen atoms in total. The first-order valence-electron chi connectivity index (χ1n) is 8.32. The lowest BCUT2D eigenvalue weighted by atomic mass is 10.1. The second-order valence-electron chi connectivity index (χ2n) is 5.75. The predicted molar refractivity (Wildman–Crippen MR) is 105 cm³/mol. The van der Waals surface area contributed by atoms with Crippen molar-refractivity contribution in [2.24, 2.45) is 0 Å². The number of hydrogen-bond donors (Lipinski definition) is 2. The Bertz CT molecular complexity index is 914. The number of halogens is 1. The minimum absolute atomic E-state index is 0.131. The van der Waals surface area contributed by atoms with Crippen LogP contribution in [0, 0.1) is 5.82 Å². The molecule has 27 heavy (non-hydrogen) atoms. The zero-order valence-corrected chi connectivity index (χ0v) is 14.4. The molecular weight excluding hydrogens is 343 g/mol. The third-order valence-electron chi connectivity index (χ3n) is 3.71. The van der Waals surface area contributed by atoms with Crippen molar-refractivity contribution in [3.63, 3.8) is 0 Å². The van der Waals surface area contributed by atoms with Gasteiger partial charge in [-0.2, -0.15) is 0 Å². The summed E-state index contributed by atoms with van der Waals surface area (Å²) >= 11 is 0. The summed E-state index contributed by atoms with van der Waals surface area (Å²) in [5.74, 6) is -1.62. The van der Waals surface area contributed by atoms with Crippen molar-refractivity contribution in [2.75, 3.05) is 10.6 Å². The molecule has 0 fully saturated rings. The van der Waals surface area contributed by atoms with Gasteiger partial charge in [0, 0.05) is 11.4 Å². The lowest BCUT2D eigenvalue weighted by Gasteiger charge is -2.10. The standard InChI is InChI=1S/C22H17FN2O2/c23-17-9-7-8-16(14-17)15-20(21(26)24-18-10-3-1-4-11-18)22(27)25-19-12-5-2-6-13-19/h1-15H,(H,24,26)(H,25,27). The Morgan fingerprint density at radius 3 is 1.70 bits per heavy atom. The fourth-order valence-electron chi connectivity index (χ4n) is 2.44. The zero-order chi connectivity index (χ0) is 19.1. The average Bonchev–Trinajstić information content (AvgIpc) is 2.67. The van der Waals surface area contributed by atoms with Crippen molar-refractivity contribution < 1.29 is 14.0 Å². The Morgan fingerprint density at radius 2 is 1.22 bits per heavy atom. The number of anilines is 2. The van der Waals surface area contributed by atoms with E-state index in [0.29, 0.717) is 16.9 Å². The monoisotopic (exact) mass is 360 g/mol. The van der Waals surface area contributed by atoms with Crippen LogP contribution in [-0.2, 0) is 9.59 Å². The van der Waals surface area contributed by atoms with Gasteiger partial charge in [0.1, 0.15) is 11.4 Å². The van der Waals surface area contributed by atoms with E-state index in [0.717, 1.165) is 0 Å². The first-order valence-corrected chi connectivity index (χ1v) is 8.32. The van der Waals surface area contributed by atoms with E-state index in [9.17, 15) is 14.0 Å². The Kier molecular flexibility index (Phi) is 5.74. The van der Waals surface area contributed by atoms with Gasteiger partial charge in [0.2, 0.25) is 0 Å². The van der Waals surface area contributed by atoms with E-state index in [1.807, 2.05) is 12.1 Å². The topological polar surface area (TPSA) is 58.2 Å². The van der Waals surface area contributed by atoms with E-state index in [-0.39, 0.29) is 5.57 Å². The molecule has 2 N–H and O–H groups in total. The molecule has 0 aromatic heterocycles. The number of carbonyl (C=O) groups is 2. The highest BCUT2D eigenvalue weighted by Crippen LogP contribution is 2.15. The molecule has 0 radical (unpaired) electrons. The maximum absolute atomic E-state index is 13.5. The lowest BCUT2D eigenvalue weighted by molar-refractivity contribution is -0.118. The van der Waals surface area contributed by atoms with Crippen LogP contribution in [0.25, 0.3) is 6.08 Å². The maximum atomic E-state index is 13.5. The normalized spacial score (nSPS) is 9.96. The Labute approximate surface area is 156 Å². The van der Waals surface area contributed by atoms with Gasteiger partial charge in [-0.15, -0.1) is 0 Å². The van der Waals surface area contributed by atoms with Gasteiger partial charge in [-0.25, -0.2) is 4.39 Å². The largest absolute Gasteiger partial charge is 0.322 e. The second kappa shape index (κ2) is 8.58. The van der Waals surface area contributed by atoms with Gasteiger partial charge in [0.15, 0.2) is 0 Å². The first kappa shape index (κ1) is 18.1. The maximum Gasteiger partial charge on any atom is 0.261 e. The molecule has 0 aliphatic heterocycles. The third-order valence-corrected chi connectivity index (χ3v) is 3.71. The van der Waals surface area contributed by atoms with Crippen LogP contribution >= 0.6 is 0 Å². The molecule has 5 heteroatoms. The highest BCUT2D eigenvalue weighted by molar-refractivity contribution is 6.28. The van der Waals surface area contributed by atoms with Crippen molar-refractivity contribution in [3.8, 4) is 0 Å². The van der Waals surface area contributed by atoms with Gasteiger partial charge < -0.3 is 10.6 Å². The van der Waals surface area contributed by atoms with E-state index in [4.69, 9.17) is 0 Å². The predicted octanol–water partition coefficient (Wildman–Crippen LogP) is 4.49. The van der Waals surface area contributed by atoms with Crippen LogP contribution in [0.4, 0.5) is 15.8 Å². The second-order valence-corrected chi connectivity index (χ2v) is 5.75. The number of nitrogens with one attached hydrogen (secondary N) is 2. The molecule has 0 aliphatic carbocycles. The molecule has 0 unspecified atom stereocenters. The van der Waals surface area contributed by atoms with Crippen molar-refractivity contribution in [1.29, 1.82) is 0 Å². The van der Waals surface area contributed by atoms with Crippen molar-refractivity contribution in [3.05, 3.63) is 102 Å². The molecular formula is C22H17FN2O2. The fraction of sp³-hybridized carbons (Fsp3) is 0. The number of amides is 2. The summed E-state index contributed by atoms with van der Waals surface area (Å²) < 4.78 is 13.5. The summed E-state index contributed by atoms with van der Waals surface area (Å²) in [6, 6.07) is 23.3. The fourth-order valence-corrected chi connectivity index (χ4v) is 2.44. The van der Waals surface area contributed by atoms with Crippen LogP contribution in [0.5, 0.6) is 0 Å². The van der Waals surface area contributed by atoms with Gasteiger partial charge in [-0.3, -0.25) is 9.59 Å². The lowest BCUT2D eigenvalue weighted by Crippen LogP contribution is -2.25. The molecule has 0 atom stereocenters. The van der Waals surface area contributed by atoms with Crippen molar-refractivity contribution in [1.82, 2.24) is 0 Å². The molecule has 134 valence electrons. The van der Waals surface area contributed by atoms with E-state index in [2.05, 4.69) is 10.6 Å². The number of carbonyl (C=O) groups excluding carboxylic acids is 2. The minimum atomic E-state index is -0.584. The Hall–Kier alpha value is -3.73. The summed E-state index contributed by atoms with van der Waals surface area (Å²) in [5.41, 5.74) is 1.39. The van der Waals surface area contributed by atoms with Gasteiger partial charge in [0.05, 0.1) is 0 Å². The van der Waals surface area contributed by atoms with Crippen molar-refractivity contribution >= 4 is 29.3 Å². The van der Waals surface area contributed by atoms with Crippen LogP contribution in [0.1, 0.15) is 5.56 Å². The van der Waals surface area contributed by atoms with Gasteiger partial charge in [-0.1, -0.05) is 48.5 Å². The summed E-state index contributed by atoms with van der Waals surface area (Å²) in [7, 11) is 0. The zero-order valence-electron chi connectivity index (χ0n) is 14.4. The first-order chi connectivity index (χ1) is 13.1. The molecule has 0 saturated heterocycles. The smallest absolute Gasteiger partial charge is 0.261 e. The SMILES string of the molecule is O=C(Nc1ccccc1)C(=Cc1cccc(F)c1)C(=O)Nc1ccccc1. The van der Waals surface area contributed by atoms with E-state index >= 15 is 0 Å². The molecule has 3 rings (SSSR count). The molecule has 0 heterocycles. The third kappa shape index (κ3) is 5.12. The summed E-state index contributed by atoms with van der Waals surface area (Å²) in [5, 5.41) is 5.36. The molecule has 0 bridgehead atoms. The molecule has 0 aliphatic rings. The molecule has 3 aromatic rings. The summed E-state index contributed by atoms with van der Waals surface area (Å²) in [6.07, 6.45) is 1.36. The van der Waals surface area contributed by atoms with E-state index < -0.39 is 17.6 Å². The van der Waals surface area contributed by atoms with E-state index in [1.54, 1.807) is 54.6 Å². The molecule has 0 spiro atoms. The van der Waals surface area contributed by atoms with Crippen LogP contribution in [0.15, 0.2) is 90.5 Å². The highest BCUT2D eigenvalue weighted by Gasteiger charge is 2.19. The van der Waals surface area contributed by atoms with Gasteiger partial charge in [-0.05, 0) is 48.0 Å². The Balaban J connectivity index is 1.90.